The molecule has 0 aromatic heterocycles. The lowest BCUT2D eigenvalue weighted by Crippen LogP contribution is -2.36. The molecule has 5 fully saturated rings. The molecular weight excluding hydrogens is 847 g/mol. The number of aliphatic hydroxyl groups is 1. The molecule has 3 aromatic rings. The van der Waals surface area contributed by atoms with E-state index in [1.807, 2.05) is 48.5 Å². The number of Topliss-reactive ketones (excluding diaryl/α,β-unsaturated/α-hetero) is 1. The molecule has 356 valence electrons. The van der Waals surface area contributed by atoms with Crippen LogP contribution in [0.5, 0.6) is 0 Å². The van der Waals surface area contributed by atoms with Crippen LogP contribution in [0.3, 0.4) is 0 Å². The van der Waals surface area contributed by atoms with Gasteiger partial charge >= 0.3 is 11.9 Å². The number of methoxy groups -OCH3 is 2. The molecule has 3 heterocycles. The number of nitrogens with zero attached hydrogens (tertiary/aromatic N) is 2. The van der Waals surface area contributed by atoms with E-state index in [1.54, 1.807) is 0 Å². The van der Waals surface area contributed by atoms with Gasteiger partial charge in [-0.3, -0.25) is 19.2 Å². The Labute approximate surface area is 394 Å². The van der Waals surface area contributed by atoms with Gasteiger partial charge in [-0.2, -0.15) is 0 Å². The molecule has 11 rings (SSSR count). The monoisotopic (exact) mass is 913 g/mol. The van der Waals surface area contributed by atoms with E-state index in [4.69, 9.17) is 14.6 Å². The van der Waals surface area contributed by atoms with E-state index in [0.717, 1.165) is 96.4 Å². The maximum Gasteiger partial charge on any atom is 0.337 e. The lowest BCUT2D eigenvalue weighted by atomic mass is 9.70. The minimum Gasteiger partial charge on any atom is -0.465 e. The summed E-state index contributed by atoms with van der Waals surface area (Å²) in [7, 11) is 2.81. The zero-order valence-corrected chi connectivity index (χ0v) is 39.4. The highest BCUT2D eigenvalue weighted by molar-refractivity contribution is 5.97. The highest BCUT2D eigenvalue weighted by Gasteiger charge is 2.47. The Balaban J connectivity index is 0.000000127. The Morgan fingerprint density at radius 3 is 1.39 bits per heavy atom. The number of amides is 3. The van der Waals surface area contributed by atoms with Crippen LogP contribution in [-0.4, -0.2) is 104 Å². The Hall–Kier alpha value is -5.36. The largest absolute Gasteiger partial charge is 0.465 e. The van der Waals surface area contributed by atoms with Gasteiger partial charge in [0.1, 0.15) is 6.61 Å². The van der Waals surface area contributed by atoms with Crippen LogP contribution in [0.4, 0.5) is 0 Å². The minimum absolute atomic E-state index is 0.0503. The van der Waals surface area contributed by atoms with Crippen molar-refractivity contribution in [3.05, 3.63) is 105 Å². The van der Waals surface area contributed by atoms with E-state index in [0.29, 0.717) is 53.7 Å². The number of ketones is 1. The van der Waals surface area contributed by atoms with Crippen LogP contribution >= 0.6 is 0 Å². The Kier molecular flexibility index (Phi) is 13.5. The molecule has 5 aliphatic carbocycles. The van der Waals surface area contributed by atoms with Crippen molar-refractivity contribution in [2.24, 2.45) is 28.1 Å². The molecule has 3 aliphatic heterocycles. The van der Waals surface area contributed by atoms with Gasteiger partial charge < -0.3 is 29.7 Å². The van der Waals surface area contributed by atoms with Crippen molar-refractivity contribution in [2.45, 2.75) is 116 Å². The van der Waals surface area contributed by atoms with Crippen LogP contribution in [0.1, 0.15) is 142 Å². The lowest BCUT2D eigenvalue weighted by Gasteiger charge is -2.35. The molecule has 3 spiro atoms. The summed E-state index contributed by atoms with van der Waals surface area (Å²) < 4.78 is 9.60. The van der Waals surface area contributed by atoms with Gasteiger partial charge in [-0.15, -0.1) is 0 Å². The van der Waals surface area contributed by atoms with Crippen molar-refractivity contribution >= 4 is 35.4 Å². The van der Waals surface area contributed by atoms with Crippen molar-refractivity contribution in [3.8, 4) is 0 Å². The summed E-state index contributed by atoms with van der Waals surface area (Å²) in [5.41, 5.74) is 9.47. The van der Waals surface area contributed by atoms with Crippen molar-refractivity contribution in [1.82, 2.24) is 15.1 Å². The fourth-order valence-corrected chi connectivity index (χ4v) is 12.4. The van der Waals surface area contributed by atoms with Crippen LogP contribution < -0.4 is 5.32 Å². The van der Waals surface area contributed by atoms with E-state index in [-0.39, 0.29) is 39.9 Å². The standard InChI is InChI=1S/2C20H25NO3.C15H17NO3/c1-24-19(23)16-6-5-15-7-8-20(10-17(15)9-16)11-18(22)21(13-20)12-14-3-2-4-14;22-12-18(23)16-5-4-15-6-7-20(9-17(15)8-16)10-19(24)21(13-20)11-14-2-1-3-14;1-19-14(18)11-3-2-10-4-5-15(7-12(10)6-11)8-13(17)16-9-15/h5-6,9,14H,2-4,7-8,10-13H2,1H3;4-5,8,14,22H,1-3,6-7,9-13H2;2-3,6H,4-5,7-9H2,1H3,(H,16,17). The first kappa shape index (κ1) is 46.7. The van der Waals surface area contributed by atoms with Gasteiger partial charge in [0.2, 0.25) is 17.7 Å². The first-order valence-electron chi connectivity index (χ1n) is 24.8. The van der Waals surface area contributed by atoms with Crippen LogP contribution in [-0.2, 0) is 62.4 Å². The van der Waals surface area contributed by atoms with Crippen LogP contribution in [0, 0.1) is 28.1 Å². The number of aryl methyl sites for hydroxylation is 3. The number of carbonyl (C=O) groups excluding carboxylic acids is 6. The first-order chi connectivity index (χ1) is 32.3. The molecule has 0 radical (unpaired) electrons. The van der Waals surface area contributed by atoms with Gasteiger partial charge in [-0.25, -0.2) is 9.59 Å². The van der Waals surface area contributed by atoms with Gasteiger partial charge in [0.05, 0.1) is 25.3 Å². The quantitative estimate of drug-likeness (QED) is 0.183. The number of hydrogen-bond donors (Lipinski definition) is 2. The van der Waals surface area contributed by atoms with Gasteiger partial charge in [0.15, 0.2) is 5.78 Å². The Morgan fingerprint density at radius 1 is 0.582 bits per heavy atom. The molecule has 3 unspecified atom stereocenters. The van der Waals surface area contributed by atoms with Gasteiger partial charge in [0, 0.05) is 73.8 Å². The zero-order chi connectivity index (χ0) is 46.9. The SMILES string of the molecule is COC(=O)c1ccc2c(c1)CC1(CC2)CC(=O)N(CC2CCC2)C1.COC(=O)c1ccc2c(c1)CC1(CC2)CNC(=O)C1.O=C(CO)c1ccc2c(c1)CC1(CC2)CC(=O)N(CC2CCC2)C1. The average molecular weight is 914 g/mol. The molecule has 3 atom stereocenters. The number of nitrogens with one attached hydrogen (secondary N) is 1. The number of aliphatic hydroxyl groups excluding tert-OH is 1. The molecule has 2 N–H and O–H groups in total. The maximum absolute atomic E-state index is 12.5. The first-order valence-corrected chi connectivity index (χ1v) is 24.8. The second-order valence-corrected chi connectivity index (χ2v) is 21.5. The third kappa shape index (κ3) is 10.1. The third-order valence-electron chi connectivity index (χ3n) is 16.8. The summed E-state index contributed by atoms with van der Waals surface area (Å²) in [5, 5.41) is 12.0. The van der Waals surface area contributed by atoms with E-state index < -0.39 is 6.61 Å². The molecule has 3 saturated heterocycles. The topological polar surface area (TPSA) is 160 Å². The number of fused-ring (bicyclic) bond motifs is 3. The van der Waals surface area contributed by atoms with Gasteiger partial charge in [0.25, 0.3) is 0 Å². The van der Waals surface area contributed by atoms with Crippen LogP contribution in [0.25, 0.3) is 0 Å². The number of ether oxygens (including phenoxy) is 2. The Morgan fingerprint density at radius 2 is 1.00 bits per heavy atom. The fraction of sp³-hybridized carbons (Fsp3) is 0.564. The summed E-state index contributed by atoms with van der Waals surface area (Å²) in [6.07, 6.45) is 18.4. The van der Waals surface area contributed by atoms with Crippen LogP contribution in [0.2, 0.25) is 0 Å². The summed E-state index contributed by atoms with van der Waals surface area (Å²) in [6.45, 7) is 3.97. The van der Waals surface area contributed by atoms with E-state index in [1.165, 1.54) is 86.1 Å². The molecule has 8 aliphatic rings. The average Bonchev–Trinajstić information content (AvgIpc) is 3.93. The summed E-state index contributed by atoms with van der Waals surface area (Å²) in [6, 6.07) is 17.4. The summed E-state index contributed by atoms with van der Waals surface area (Å²) >= 11 is 0. The summed E-state index contributed by atoms with van der Waals surface area (Å²) in [4.78, 5) is 75.8. The Bertz CT molecular complexity index is 2320. The van der Waals surface area contributed by atoms with Crippen molar-refractivity contribution < 1.29 is 43.3 Å². The van der Waals surface area contributed by atoms with Gasteiger partial charge in [-0.05, 0) is 159 Å². The highest BCUT2D eigenvalue weighted by atomic mass is 16.5. The number of hydrogen-bond acceptors (Lipinski definition) is 9. The van der Waals surface area contributed by atoms with Crippen molar-refractivity contribution in [1.29, 1.82) is 0 Å². The predicted molar refractivity (Wildman–Crippen MR) is 251 cm³/mol. The number of esters is 2. The normalized spacial score (nSPS) is 26.0. The maximum atomic E-state index is 12.5. The number of benzene rings is 3. The second kappa shape index (κ2) is 19.3. The zero-order valence-electron chi connectivity index (χ0n) is 39.4. The molecule has 12 heteroatoms. The van der Waals surface area contributed by atoms with Gasteiger partial charge in [-0.1, -0.05) is 37.1 Å². The smallest absolute Gasteiger partial charge is 0.337 e. The van der Waals surface area contributed by atoms with E-state index in [9.17, 15) is 28.8 Å². The third-order valence-corrected chi connectivity index (χ3v) is 16.8. The molecule has 3 aromatic carbocycles. The highest BCUT2D eigenvalue weighted by Crippen LogP contribution is 2.46. The fourth-order valence-electron chi connectivity index (χ4n) is 12.4. The van der Waals surface area contributed by atoms with E-state index in [2.05, 4.69) is 21.2 Å². The number of likely N-dealkylation sites (tertiary alicyclic amines) is 2. The van der Waals surface area contributed by atoms with Crippen molar-refractivity contribution in [3.63, 3.8) is 0 Å². The lowest BCUT2D eigenvalue weighted by molar-refractivity contribution is -0.129. The molecular formula is C55H67N3O9. The number of rotatable bonds is 8. The van der Waals surface area contributed by atoms with Crippen molar-refractivity contribution in [2.75, 3.05) is 53.6 Å². The predicted octanol–water partition coefficient (Wildman–Crippen LogP) is 6.82. The molecule has 0 bridgehead atoms. The second-order valence-electron chi connectivity index (χ2n) is 21.5. The molecule has 12 nitrogen and oxygen atoms in total. The number of carbonyl (C=O) groups is 6. The molecule has 67 heavy (non-hydrogen) atoms. The van der Waals surface area contributed by atoms with Crippen LogP contribution in [0.15, 0.2) is 54.6 Å². The minimum atomic E-state index is -0.447. The van der Waals surface area contributed by atoms with E-state index >= 15 is 0 Å². The molecule has 2 saturated carbocycles. The summed E-state index contributed by atoms with van der Waals surface area (Å²) in [5.74, 6) is 1.41. The molecule has 3 amide bonds.